The van der Waals surface area contributed by atoms with E-state index in [9.17, 15) is 4.79 Å². The number of nitrogens with one attached hydrogen (secondary N) is 1. The van der Waals surface area contributed by atoms with E-state index in [1.54, 1.807) is 10.7 Å². The lowest BCUT2D eigenvalue weighted by molar-refractivity contribution is 0.102. The van der Waals surface area contributed by atoms with Crippen LogP contribution in [0.5, 0.6) is 0 Å². The Kier molecular flexibility index (Phi) is 4.86. The van der Waals surface area contributed by atoms with Gasteiger partial charge in [0.15, 0.2) is 5.65 Å². The van der Waals surface area contributed by atoms with Gasteiger partial charge >= 0.3 is 0 Å². The lowest BCUT2D eigenvalue weighted by Gasteiger charge is -2.12. The molecule has 0 fully saturated rings. The van der Waals surface area contributed by atoms with Crippen LogP contribution in [0.25, 0.3) is 22.3 Å². The van der Waals surface area contributed by atoms with E-state index in [0.29, 0.717) is 27.6 Å². The quantitative estimate of drug-likeness (QED) is 0.527. The Balaban J connectivity index is 1.92. The van der Waals surface area contributed by atoms with Crippen LogP contribution >= 0.6 is 11.6 Å². The van der Waals surface area contributed by atoms with Gasteiger partial charge in [0, 0.05) is 36.1 Å². The van der Waals surface area contributed by atoms with Crippen LogP contribution in [0.4, 0.5) is 5.69 Å². The van der Waals surface area contributed by atoms with Crippen LogP contribution in [-0.4, -0.2) is 30.5 Å². The number of fused-ring (bicyclic) bond motifs is 1. The second-order valence-electron chi connectivity index (χ2n) is 7.50. The van der Waals surface area contributed by atoms with E-state index in [4.69, 9.17) is 16.6 Å². The second kappa shape index (κ2) is 7.25. The molecular weight excluding hydrogens is 400 g/mol. The number of carbonyl (C=O) groups excluding carboxylic acids is 1. The van der Waals surface area contributed by atoms with Gasteiger partial charge in [0.2, 0.25) is 0 Å². The SMILES string of the molecule is Cc1nn(C)c(C)c1-c1cc(C(=O)Nc2cccc(Cl)c2C)c2c(C)nn(C)c2n1. The first-order chi connectivity index (χ1) is 14.2. The second-order valence-corrected chi connectivity index (χ2v) is 7.91. The topological polar surface area (TPSA) is 77.6 Å². The Labute approximate surface area is 179 Å². The van der Waals surface area contributed by atoms with Gasteiger partial charge in [-0.25, -0.2) is 4.98 Å². The van der Waals surface area contributed by atoms with Crippen molar-refractivity contribution in [3.8, 4) is 11.3 Å². The molecule has 0 saturated carbocycles. The molecule has 154 valence electrons. The number of benzene rings is 1. The van der Waals surface area contributed by atoms with E-state index in [1.165, 1.54) is 0 Å². The summed E-state index contributed by atoms with van der Waals surface area (Å²) in [6.07, 6.45) is 0. The molecule has 8 heteroatoms. The molecule has 0 bridgehead atoms. The molecule has 1 aromatic carbocycles. The molecule has 4 aromatic rings. The van der Waals surface area contributed by atoms with Crippen LogP contribution in [0.15, 0.2) is 24.3 Å². The number of carbonyl (C=O) groups is 1. The lowest BCUT2D eigenvalue weighted by atomic mass is 10.0. The van der Waals surface area contributed by atoms with Crippen LogP contribution in [-0.2, 0) is 14.1 Å². The maximum absolute atomic E-state index is 13.4. The van der Waals surface area contributed by atoms with Gasteiger partial charge in [-0.1, -0.05) is 17.7 Å². The molecule has 0 aliphatic carbocycles. The van der Waals surface area contributed by atoms with Gasteiger partial charge in [-0.3, -0.25) is 14.2 Å². The van der Waals surface area contributed by atoms with E-state index >= 15 is 0 Å². The molecule has 0 unspecified atom stereocenters. The molecule has 0 aliphatic heterocycles. The molecule has 0 radical (unpaired) electrons. The van der Waals surface area contributed by atoms with Crippen molar-refractivity contribution >= 4 is 34.2 Å². The van der Waals surface area contributed by atoms with Crippen molar-refractivity contribution in [3.63, 3.8) is 0 Å². The predicted molar refractivity (Wildman–Crippen MR) is 119 cm³/mol. The third-order valence-corrected chi connectivity index (χ3v) is 5.90. The van der Waals surface area contributed by atoms with Gasteiger partial charge in [0.05, 0.1) is 28.0 Å². The number of nitrogens with zero attached hydrogens (tertiary/aromatic N) is 5. The maximum atomic E-state index is 13.4. The normalized spacial score (nSPS) is 11.3. The molecule has 0 spiro atoms. The molecule has 0 saturated heterocycles. The molecule has 1 N–H and O–H groups in total. The van der Waals surface area contributed by atoms with Gasteiger partial charge in [-0.15, -0.1) is 0 Å². The van der Waals surface area contributed by atoms with Crippen LogP contribution in [0.2, 0.25) is 5.02 Å². The minimum atomic E-state index is -0.232. The fraction of sp³-hybridized carbons (Fsp3) is 0.273. The minimum absolute atomic E-state index is 0.232. The molecule has 4 rings (SSSR count). The van der Waals surface area contributed by atoms with Gasteiger partial charge < -0.3 is 5.32 Å². The first-order valence-corrected chi connectivity index (χ1v) is 9.98. The largest absolute Gasteiger partial charge is 0.322 e. The van der Waals surface area contributed by atoms with E-state index in [0.717, 1.165) is 33.6 Å². The van der Waals surface area contributed by atoms with Crippen molar-refractivity contribution in [1.82, 2.24) is 24.5 Å². The van der Waals surface area contributed by atoms with E-state index in [-0.39, 0.29) is 5.91 Å². The molecule has 7 nitrogen and oxygen atoms in total. The smallest absolute Gasteiger partial charge is 0.256 e. The average molecular weight is 423 g/mol. The Morgan fingerprint density at radius 1 is 1.03 bits per heavy atom. The van der Waals surface area contributed by atoms with Crippen LogP contribution in [0.3, 0.4) is 0 Å². The Morgan fingerprint density at radius 2 is 1.73 bits per heavy atom. The van der Waals surface area contributed by atoms with Crippen molar-refractivity contribution < 1.29 is 4.79 Å². The van der Waals surface area contributed by atoms with Crippen LogP contribution < -0.4 is 5.32 Å². The lowest BCUT2D eigenvalue weighted by Crippen LogP contribution is -2.14. The number of pyridine rings is 1. The summed E-state index contributed by atoms with van der Waals surface area (Å²) in [4.78, 5) is 18.2. The molecule has 0 aliphatic rings. The summed E-state index contributed by atoms with van der Waals surface area (Å²) in [5, 5.41) is 13.3. The summed E-state index contributed by atoms with van der Waals surface area (Å²) in [5.41, 5.74) is 6.87. The number of hydrogen-bond donors (Lipinski definition) is 1. The van der Waals surface area contributed by atoms with Gasteiger partial charge in [-0.2, -0.15) is 10.2 Å². The van der Waals surface area contributed by atoms with Crippen molar-refractivity contribution in [3.05, 3.63) is 57.5 Å². The summed E-state index contributed by atoms with van der Waals surface area (Å²) < 4.78 is 3.52. The summed E-state index contributed by atoms with van der Waals surface area (Å²) in [6.45, 7) is 7.69. The van der Waals surface area contributed by atoms with E-state index < -0.39 is 0 Å². The highest BCUT2D eigenvalue weighted by Gasteiger charge is 2.22. The third kappa shape index (κ3) is 3.15. The van der Waals surface area contributed by atoms with Gasteiger partial charge in [0.25, 0.3) is 5.91 Å². The standard InChI is InChI=1S/C22H23ClN6O/c1-11-16(23)8-7-9-17(11)25-22(30)15-10-18(19-12(2)26-28(5)14(19)4)24-21-20(15)13(3)27-29(21)6/h7-10H,1-6H3,(H,25,30). The number of aromatic nitrogens is 5. The van der Waals surface area contributed by atoms with Gasteiger partial charge in [0.1, 0.15) is 0 Å². The Hall–Kier alpha value is -3.19. The number of amides is 1. The fourth-order valence-electron chi connectivity index (χ4n) is 3.83. The highest BCUT2D eigenvalue weighted by molar-refractivity contribution is 6.31. The average Bonchev–Trinajstić information content (AvgIpc) is 3.12. The Morgan fingerprint density at radius 3 is 2.40 bits per heavy atom. The van der Waals surface area contributed by atoms with Crippen molar-refractivity contribution in [2.45, 2.75) is 27.7 Å². The van der Waals surface area contributed by atoms with Crippen LogP contribution in [0, 0.1) is 27.7 Å². The Bertz CT molecular complexity index is 1320. The molecule has 3 heterocycles. The first-order valence-electron chi connectivity index (χ1n) is 9.60. The molecule has 30 heavy (non-hydrogen) atoms. The summed E-state index contributed by atoms with van der Waals surface area (Å²) in [7, 11) is 3.73. The summed E-state index contributed by atoms with van der Waals surface area (Å²) in [5.74, 6) is -0.232. The first kappa shape index (κ1) is 20.1. The molecule has 0 atom stereocenters. The minimum Gasteiger partial charge on any atom is -0.322 e. The number of anilines is 1. The zero-order valence-corrected chi connectivity index (χ0v) is 18.6. The monoisotopic (exact) mass is 422 g/mol. The van der Waals surface area contributed by atoms with Crippen molar-refractivity contribution in [2.24, 2.45) is 14.1 Å². The third-order valence-electron chi connectivity index (χ3n) is 5.49. The predicted octanol–water partition coefficient (Wildman–Crippen LogP) is 4.51. The van der Waals surface area contributed by atoms with E-state index in [1.807, 2.05) is 64.7 Å². The van der Waals surface area contributed by atoms with E-state index in [2.05, 4.69) is 15.5 Å². The molecular formula is C22H23ClN6O. The van der Waals surface area contributed by atoms with Gasteiger partial charge in [-0.05, 0) is 51.5 Å². The molecule has 3 aromatic heterocycles. The fourth-order valence-corrected chi connectivity index (χ4v) is 4.00. The highest BCUT2D eigenvalue weighted by Crippen LogP contribution is 2.31. The number of hydrogen-bond acceptors (Lipinski definition) is 4. The highest BCUT2D eigenvalue weighted by atomic mass is 35.5. The maximum Gasteiger partial charge on any atom is 0.256 e. The summed E-state index contributed by atoms with van der Waals surface area (Å²) in [6, 6.07) is 7.28. The van der Waals surface area contributed by atoms with Crippen molar-refractivity contribution in [2.75, 3.05) is 5.32 Å². The molecule has 1 amide bonds. The van der Waals surface area contributed by atoms with Crippen molar-refractivity contribution in [1.29, 1.82) is 0 Å². The number of halogens is 1. The number of rotatable bonds is 3. The summed E-state index contributed by atoms with van der Waals surface area (Å²) >= 11 is 6.23. The zero-order valence-electron chi connectivity index (χ0n) is 17.8. The van der Waals surface area contributed by atoms with Crippen LogP contribution in [0.1, 0.15) is 33.0 Å². The zero-order chi connectivity index (χ0) is 21.7. The number of aryl methyl sites for hydroxylation is 4.